The van der Waals surface area contributed by atoms with Gasteiger partial charge < -0.3 is 10.6 Å². The van der Waals surface area contributed by atoms with Crippen molar-refractivity contribution in [3.63, 3.8) is 0 Å². The highest BCUT2D eigenvalue weighted by Gasteiger charge is 2.32. The normalized spacial score (nSPS) is 20.1. The second-order valence-electron chi connectivity index (χ2n) is 4.41. The summed E-state index contributed by atoms with van der Waals surface area (Å²) in [5.41, 5.74) is -0.855. The minimum atomic E-state index is -4.38. The van der Waals surface area contributed by atoms with Gasteiger partial charge in [-0.2, -0.15) is 13.2 Å². The molecule has 1 fully saturated rings. The van der Waals surface area contributed by atoms with Crippen molar-refractivity contribution in [2.24, 2.45) is 0 Å². The molecule has 1 aliphatic rings. The predicted octanol–water partition coefficient (Wildman–Crippen LogP) is 2.65. The quantitative estimate of drug-likeness (QED) is 0.872. The van der Waals surface area contributed by atoms with Crippen LogP contribution < -0.4 is 10.6 Å². The van der Waals surface area contributed by atoms with Crippen LogP contribution in [0.1, 0.15) is 25.0 Å². The van der Waals surface area contributed by atoms with Crippen molar-refractivity contribution in [1.82, 2.24) is 10.3 Å². The number of nitrogens with zero attached hydrogens (tertiary/aromatic N) is 1. The highest BCUT2D eigenvalue weighted by atomic mass is 19.4. The van der Waals surface area contributed by atoms with Gasteiger partial charge in [0.15, 0.2) is 0 Å². The molecule has 2 N–H and O–H groups in total. The maximum absolute atomic E-state index is 12.4. The number of hydrogen-bond acceptors (Lipinski definition) is 3. The molecule has 1 aromatic heterocycles. The maximum Gasteiger partial charge on any atom is 0.433 e. The fraction of sp³-hybridized carbons (Fsp3) is 0.583. The zero-order valence-corrected chi connectivity index (χ0v) is 9.93. The second kappa shape index (κ2) is 5.56. The maximum atomic E-state index is 12.4. The Labute approximate surface area is 104 Å². The molecule has 0 radical (unpaired) electrons. The van der Waals surface area contributed by atoms with Gasteiger partial charge in [0.1, 0.15) is 11.5 Å². The number of anilines is 1. The van der Waals surface area contributed by atoms with Crippen molar-refractivity contribution in [3.8, 4) is 0 Å². The van der Waals surface area contributed by atoms with E-state index in [1.165, 1.54) is 12.5 Å². The summed E-state index contributed by atoms with van der Waals surface area (Å²) in [5, 5.41) is 6.27. The minimum Gasteiger partial charge on any atom is -0.370 e. The molecule has 18 heavy (non-hydrogen) atoms. The Kier molecular flexibility index (Phi) is 4.06. The van der Waals surface area contributed by atoms with E-state index in [1.54, 1.807) is 6.07 Å². The summed E-state index contributed by atoms with van der Waals surface area (Å²) in [6.45, 7) is 1.67. The zero-order valence-electron chi connectivity index (χ0n) is 9.93. The molecule has 0 saturated carbocycles. The lowest BCUT2D eigenvalue weighted by molar-refractivity contribution is -0.141. The summed E-state index contributed by atoms with van der Waals surface area (Å²) in [7, 11) is 0. The van der Waals surface area contributed by atoms with Crippen LogP contribution in [0.2, 0.25) is 0 Å². The van der Waals surface area contributed by atoms with Crippen molar-refractivity contribution < 1.29 is 13.2 Å². The molecule has 1 aromatic rings. The van der Waals surface area contributed by atoms with Gasteiger partial charge in [-0.15, -0.1) is 0 Å². The van der Waals surface area contributed by atoms with Crippen LogP contribution in [0.25, 0.3) is 0 Å². The number of aromatic nitrogens is 1. The van der Waals surface area contributed by atoms with Gasteiger partial charge in [-0.3, -0.25) is 0 Å². The molecule has 0 bridgehead atoms. The summed E-state index contributed by atoms with van der Waals surface area (Å²) >= 11 is 0. The third-order valence-corrected chi connectivity index (χ3v) is 3.00. The Morgan fingerprint density at radius 1 is 1.39 bits per heavy atom. The first-order valence-electron chi connectivity index (χ1n) is 6.07. The topological polar surface area (TPSA) is 37.0 Å². The minimum absolute atomic E-state index is 0.280. The monoisotopic (exact) mass is 259 g/mol. The van der Waals surface area contributed by atoms with E-state index in [0.29, 0.717) is 12.6 Å². The highest BCUT2D eigenvalue weighted by Crippen LogP contribution is 2.28. The van der Waals surface area contributed by atoms with Crippen molar-refractivity contribution in [2.45, 2.75) is 31.5 Å². The van der Waals surface area contributed by atoms with Crippen molar-refractivity contribution >= 4 is 5.82 Å². The molecule has 2 heterocycles. The van der Waals surface area contributed by atoms with Crippen molar-refractivity contribution in [1.29, 1.82) is 0 Å². The molecule has 2 rings (SSSR count). The predicted molar refractivity (Wildman–Crippen MR) is 63.4 cm³/mol. The smallest absolute Gasteiger partial charge is 0.370 e. The van der Waals surface area contributed by atoms with E-state index in [2.05, 4.69) is 15.6 Å². The molecule has 0 aromatic carbocycles. The molecular weight excluding hydrogens is 243 g/mol. The van der Waals surface area contributed by atoms with Gasteiger partial charge in [-0.25, -0.2) is 4.98 Å². The van der Waals surface area contributed by atoms with Crippen LogP contribution in [-0.2, 0) is 6.18 Å². The van der Waals surface area contributed by atoms with Gasteiger partial charge in [0.25, 0.3) is 0 Å². The number of nitrogens with one attached hydrogen (secondary N) is 2. The Hall–Kier alpha value is -1.30. The first-order valence-corrected chi connectivity index (χ1v) is 6.07. The van der Waals surface area contributed by atoms with Gasteiger partial charge in [-0.05, 0) is 37.9 Å². The zero-order chi connectivity index (χ0) is 13.0. The van der Waals surface area contributed by atoms with Gasteiger partial charge in [0, 0.05) is 12.6 Å². The van der Waals surface area contributed by atoms with E-state index in [1.807, 2.05) is 0 Å². The third kappa shape index (κ3) is 3.60. The lowest BCUT2D eigenvalue weighted by Gasteiger charge is -2.12. The van der Waals surface area contributed by atoms with E-state index in [0.717, 1.165) is 25.5 Å². The van der Waals surface area contributed by atoms with E-state index in [-0.39, 0.29) is 5.82 Å². The molecule has 100 valence electrons. The van der Waals surface area contributed by atoms with E-state index in [4.69, 9.17) is 0 Å². The van der Waals surface area contributed by atoms with Crippen LogP contribution in [0.15, 0.2) is 18.2 Å². The summed E-state index contributed by atoms with van der Waals surface area (Å²) in [5.74, 6) is 0.280. The summed E-state index contributed by atoms with van der Waals surface area (Å²) < 4.78 is 37.3. The Morgan fingerprint density at radius 2 is 2.22 bits per heavy atom. The summed E-state index contributed by atoms with van der Waals surface area (Å²) in [6.07, 6.45) is -1.17. The highest BCUT2D eigenvalue weighted by molar-refractivity contribution is 5.35. The average molecular weight is 259 g/mol. The molecule has 6 heteroatoms. The molecule has 1 atom stereocenters. The summed E-state index contributed by atoms with van der Waals surface area (Å²) in [6, 6.07) is 4.37. The molecular formula is C12H16F3N3. The van der Waals surface area contributed by atoms with Crippen LogP contribution >= 0.6 is 0 Å². The Balaban J connectivity index is 1.85. The molecule has 0 amide bonds. The molecule has 1 saturated heterocycles. The fourth-order valence-corrected chi connectivity index (χ4v) is 2.07. The van der Waals surface area contributed by atoms with Crippen molar-refractivity contribution in [3.05, 3.63) is 23.9 Å². The van der Waals surface area contributed by atoms with Crippen LogP contribution in [0, 0.1) is 0 Å². The second-order valence-corrected chi connectivity index (χ2v) is 4.41. The number of halogens is 3. The van der Waals surface area contributed by atoms with E-state index < -0.39 is 11.9 Å². The van der Waals surface area contributed by atoms with Crippen LogP contribution in [0.3, 0.4) is 0 Å². The standard InChI is InChI=1S/C12H16F3N3/c13-12(14,15)10-4-1-5-11(18-10)17-8-6-9-3-2-7-16-9/h1,4-5,9,16H,2-3,6-8H2,(H,17,18)/t9-/m1/s1. The SMILES string of the molecule is FC(F)(F)c1cccc(NCC[C@H]2CCCN2)n1. The van der Waals surface area contributed by atoms with Gasteiger partial charge in [-0.1, -0.05) is 6.07 Å². The number of alkyl halides is 3. The molecule has 0 aliphatic carbocycles. The lowest BCUT2D eigenvalue weighted by Crippen LogP contribution is -2.24. The van der Waals surface area contributed by atoms with Gasteiger partial charge >= 0.3 is 6.18 Å². The molecule has 3 nitrogen and oxygen atoms in total. The molecule has 0 spiro atoms. The van der Waals surface area contributed by atoms with Gasteiger partial charge in [0.05, 0.1) is 0 Å². The number of rotatable bonds is 4. The third-order valence-electron chi connectivity index (χ3n) is 3.00. The average Bonchev–Trinajstić information content (AvgIpc) is 2.81. The van der Waals surface area contributed by atoms with Crippen LogP contribution in [0.5, 0.6) is 0 Å². The first-order chi connectivity index (χ1) is 8.55. The number of pyridine rings is 1. The Bertz CT molecular complexity index is 386. The van der Waals surface area contributed by atoms with E-state index in [9.17, 15) is 13.2 Å². The van der Waals surface area contributed by atoms with E-state index >= 15 is 0 Å². The van der Waals surface area contributed by atoms with Crippen molar-refractivity contribution in [2.75, 3.05) is 18.4 Å². The Morgan fingerprint density at radius 3 is 2.89 bits per heavy atom. The van der Waals surface area contributed by atoms with Crippen LogP contribution in [0.4, 0.5) is 19.0 Å². The lowest BCUT2D eigenvalue weighted by atomic mass is 10.1. The fourth-order valence-electron chi connectivity index (χ4n) is 2.07. The largest absolute Gasteiger partial charge is 0.433 e. The summed E-state index contributed by atoms with van der Waals surface area (Å²) in [4.78, 5) is 3.55. The molecule has 0 unspecified atom stereocenters. The first kappa shape index (κ1) is 13.1. The van der Waals surface area contributed by atoms with Gasteiger partial charge in [0.2, 0.25) is 0 Å². The molecule has 1 aliphatic heterocycles. The number of hydrogen-bond donors (Lipinski definition) is 2. The van der Waals surface area contributed by atoms with Crippen LogP contribution in [-0.4, -0.2) is 24.1 Å².